The molecule has 0 heterocycles. The molecule has 0 unspecified atom stereocenters. The number of carbonyl (C=O) groups excluding carboxylic acids is 2. The van der Waals surface area contributed by atoms with E-state index in [4.69, 9.17) is 0 Å². The molecule has 138 valence electrons. The van der Waals surface area contributed by atoms with Crippen LogP contribution in [-0.2, 0) is 9.59 Å². The van der Waals surface area contributed by atoms with E-state index in [9.17, 15) is 9.59 Å². The standard InChI is InChI=1S/C21H37NO2/c1-14-10-12-20(7,18(14,3)4)16(23)22(9)17(24)21(8)13-11-15(2)19(21,5)6/h14-15H,10-13H2,1-9H3/t14-,15+,20-,21+. The van der Waals surface area contributed by atoms with Gasteiger partial charge >= 0.3 is 0 Å². The van der Waals surface area contributed by atoms with E-state index in [1.54, 1.807) is 7.05 Å². The van der Waals surface area contributed by atoms with E-state index >= 15 is 0 Å². The van der Waals surface area contributed by atoms with Gasteiger partial charge in [-0.15, -0.1) is 0 Å². The number of hydrogen-bond donors (Lipinski definition) is 0. The smallest absolute Gasteiger partial charge is 0.235 e. The first-order chi connectivity index (χ1) is 10.7. The fourth-order valence-corrected chi connectivity index (χ4v) is 5.06. The second-order valence-corrected chi connectivity index (χ2v) is 10.2. The van der Waals surface area contributed by atoms with Crippen molar-refractivity contribution in [2.75, 3.05) is 7.05 Å². The van der Waals surface area contributed by atoms with Crippen molar-refractivity contribution in [1.82, 2.24) is 4.90 Å². The molecule has 2 amide bonds. The Morgan fingerprint density at radius 2 is 1.04 bits per heavy atom. The third-order valence-corrected chi connectivity index (χ3v) is 9.02. The van der Waals surface area contributed by atoms with E-state index in [1.807, 2.05) is 0 Å². The number of amides is 2. The largest absolute Gasteiger partial charge is 0.285 e. The quantitative estimate of drug-likeness (QED) is 0.673. The van der Waals surface area contributed by atoms with Gasteiger partial charge in [0, 0.05) is 7.05 Å². The number of imide groups is 1. The zero-order chi connectivity index (χ0) is 18.7. The van der Waals surface area contributed by atoms with Crippen LogP contribution in [0, 0.1) is 33.5 Å². The lowest BCUT2D eigenvalue weighted by atomic mass is 9.63. The normalized spacial score (nSPS) is 40.5. The predicted octanol–water partition coefficient (Wildman–Crippen LogP) is 4.90. The second-order valence-electron chi connectivity index (χ2n) is 10.2. The Balaban J connectivity index is 2.31. The highest BCUT2D eigenvalue weighted by atomic mass is 16.2. The van der Waals surface area contributed by atoms with Crippen molar-refractivity contribution < 1.29 is 9.59 Å². The van der Waals surface area contributed by atoms with Gasteiger partial charge in [0.1, 0.15) is 0 Å². The Labute approximate surface area is 148 Å². The number of nitrogens with zero attached hydrogens (tertiary/aromatic N) is 1. The first-order valence-electron chi connectivity index (χ1n) is 9.56. The zero-order valence-electron chi connectivity index (χ0n) is 17.2. The second kappa shape index (κ2) is 5.57. The number of rotatable bonds is 2. The fraction of sp³-hybridized carbons (Fsp3) is 0.905. The molecule has 0 aromatic carbocycles. The van der Waals surface area contributed by atoms with E-state index in [0.29, 0.717) is 11.8 Å². The summed E-state index contributed by atoms with van der Waals surface area (Å²) in [6.45, 7) is 17.3. The Kier molecular flexibility index (Phi) is 4.52. The van der Waals surface area contributed by atoms with Crippen LogP contribution in [0.15, 0.2) is 0 Å². The topological polar surface area (TPSA) is 37.4 Å². The van der Waals surface area contributed by atoms with Gasteiger partial charge in [-0.1, -0.05) is 55.4 Å². The molecule has 0 saturated heterocycles. The average molecular weight is 336 g/mol. The van der Waals surface area contributed by atoms with Gasteiger partial charge < -0.3 is 0 Å². The van der Waals surface area contributed by atoms with Crippen molar-refractivity contribution in [2.24, 2.45) is 33.5 Å². The van der Waals surface area contributed by atoms with Crippen molar-refractivity contribution in [3.8, 4) is 0 Å². The van der Waals surface area contributed by atoms with Crippen LogP contribution in [0.5, 0.6) is 0 Å². The van der Waals surface area contributed by atoms with E-state index in [-0.39, 0.29) is 22.6 Å². The highest BCUT2D eigenvalue weighted by Gasteiger charge is 2.59. The number of carbonyl (C=O) groups is 2. The van der Waals surface area contributed by atoms with Gasteiger partial charge in [-0.3, -0.25) is 14.5 Å². The van der Waals surface area contributed by atoms with Crippen LogP contribution in [0.3, 0.4) is 0 Å². The van der Waals surface area contributed by atoms with Crippen LogP contribution in [0.1, 0.15) is 81.1 Å². The molecular formula is C21H37NO2. The summed E-state index contributed by atoms with van der Waals surface area (Å²) in [7, 11) is 1.71. The first kappa shape index (κ1) is 19.5. The average Bonchev–Trinajstić information content (AvgIpc) is 2.85. The minimum atomic E-state index is -0.457. The first-order valence-corrected chi connectivity index (χ1v) is 9.56. The third-order valence-electron chi connectivity index (χ3n) is 9.02. The van der Waals surface area contributed by atoms with Gasteiger partial charge in [0.05, 0.1) is 10.8 Å². The van der Waals surface area contributed by atoms with Gasteiger partial charge in [0.2, 0.25) is 11.8 Å². The molecule has 3 heteroatoms. The maximum Gasteiger partial charge on any atom is 0.235 e. The molecule has 3 nitrogen and oxygen atoms in total. The summed E-state index contributed by atoms with van der Waals surface area (Å²) in [6, 6.07) is 0. The molecule has 2 saturated carbocycles. The van der Waals surface area contributed by atoms with E-state index in [2.05, 4.69) is 55.4 Å². The molecule has 0 spiro atoms. The Morgan fingerprint density at radius 1 is 0.750 bits per heavy atom. The molecule has 0 aromatic heterocycles. The summed E-state index contributed by atoms with van der Waals surface area (Å²) in [5.41, 5.74) is -1.08. The summed E-state index contributed by atoms with van der Waals surface area (Å²) in [4.78, 5) is 28.2. The van der Waals surface area contributed by atoms with Gasteiger partial charge in [0.25, 0.3) is 0 Å². The fourth-order valence-electron chi connectivity index (χ4n) is 5.06. The van der Waals surface area contributed by atoms with E-state index in [0.717, 1.165) is 25.7 Å². The van der Waals surface area contributed by atoms with Crippen LogP contribution in [0.4, 0.5) is 0 Å². The molecule has 0 aliphatic heterocycles. The molecule has 2 rings (SSSR count). The highest BCUT2D eigenvalue weighted by Crippen LogP contribution is 2.59. The van der Waals surface area contributed by atoms with Crippen LogP contribution >= 0.6 is 0 Å². The van der Waals surface area contributed by atoms with Crippen molar-refractivity contribution in [3.63, 3.8) is 0 Å². The lowest BCUT2D eigenvalue weighted by Gasteiger charge is -2.45. The van der Waals surface area contributed by atoms with Crippen molar-refractivity contribution >= 4 is 11.8 Å². The molecule has 0 bridgehead atoms. The molecule has 24 heavy (non-hydrogen) atoms. The molecule has 0 N–H and O–H groups in total. The molecule has 0 aromatic rings. The summed E-state index contributed by atoms with van der Waals surface area (Å²) in [6.07, 6.45) is 3.84. The van der Waals surface area contributed by atoms with Crippen LogP contribution in [0.2, 0.25) is 0 Å². The third kappa shape index (κ3) is 2.29. The highest BCUT2D eigenvalue weighted by molar-refractivity contribution is 6.01. The summed E-state index contributed by atoms with van der Waals surface area (Å²) >= 11 is 0. The minimum absolute atomic E-state index is 0.0124. The summed E-state index contributed by atoms with van der Waals surface area (Å²) < 4.78 is 0. The number of hydrogen-bond acceptors (Lipinski definition) is 2. The maximum atomic E-state index is 13.4. The minimum Gasteiger partial charge on any atom is -0.285 e. The van der Waals surface area contributed by atoms with Crippen LogP contribution < -0.4 is 0 Å². The summed E-state index contributed by atoms with van der Waals surface area (Å²) in [5.74, 6) is 1.01. The van der Waals surface area contributed by atoms with E-state index < -0.39 is 10.8 Å². The van der Waals surface area contributed by atoms with Gasteiger partial charge in [0.15, 0.2) is 0 Å². The van der Waals surface area contributed by atoms with Gasteiger partial charge in [-0.25, -0.2) is 0 Å². The van der Waals surface area contributed by atoms with Crippen molar-refractivity contribution in [1.29, 1.82) is 0 Å². The van der Waals surface area contributed by atoms with Crippen molar-refractivity contribution in [2.45, 2.75) is 81.1 Å². The van der Waals surface area contributed by atoms with E-state index in [1.165, 1.54) is 4.90 Å². The molecular weight excluding hydrogens is 298 g/mol. The Morgan fingerprint density at radius 3 is 1.25 bits per heavy atom. The molecule has 2 aliphatic rings. The van der Waals surface area contributed by atoms with Gasteiger partial charge in [-0.05, 0) is 48.3 Å². The lowest BCUT2D eigenvalue weighted by molar-refractivity contribution is -0.161. The maximum absolute atomic E-state index is 13.4. The van der Waals surface area contributed by atoms with Crippen LogP contribution in [-0.4, -0.2) is 23.8 Å². The lowest BCUT2D eigenvalue weighted by Crippen LogP contribution is -2.54. The predicted molar refractivity (Wildman–Crippen MR) is 98.3 cm³/mol. The summed E-state index contributed by atoms with van der Waals surface area (Å²) in [5, 5.41) is 0. The molecule has 2 aliphatic carbocycles. The van der Waals surface area contributed by atoms with Gasteiger partial charge in [-0.2, -0.15) is 0 Å². The Bertz CT molecular complexity index is 502. The zero-order valence-corrected chi connectivity index (χ0v) is 17.2. The molecule has 2 fully saturated rings. The molecule has 0 radical (unpaired) electrons. The SMILES string of the molecule is C[C@@H]1CC[C@](C)(C(=O)N(C)C(=O)[C@]2(C)CC[C@H](C)C2(C)C)C1(C)C. The monoisotopic (exact) mass is 335 g/mol. The Hall–Kier alpha value is -0.860. The molecule has 4 atom stereocenters. The van der Waals surface area contributed by atoms with Crippen molar-refractivity contribution in [3.05, 3.63) is 0 Å². The van der Waals surface area contributed by atoms with Crippen LogP contribution in [0.25, 0.3) is 0 Å².